The fourth-order valence-corrected chi connectivity index (χ4v) is 3.23. The molecule has 0 aliphatic heterocycles. The van der Waals surface area contributed by atoms with Crippen LogP contribution < -0.4 is 0 Å². The Morgan fingerprint density at radius 1 is 1.00 bits per heavy atom. The summed E-state index contributed by atoms with van der Waals surface area (Å²) < 4.78 is 1.66. The van der Waals surface area contributed by atoms with Gasteiger partial charge in [0.15, 0.2) is 5.78 Å². The number of para-hydroxylation sites is 1. The Morgan fingerprint density at radius 3 is 2.54 bits per heavy atom. The van der Waals surface area contributed by atoms with Crippen LogP contribution in [0.25, 0.3) is 11.0 Å². The summed E-state index contributed by atoms with van der Waals surface area (Å²) in [5.41, 5.74) is 2.65. The normalized spacial score (nSPS) is 12.0. The number of rotatable bonds is 6. The molecular weight excluding hydrogens is 356 g/mol. The number of Topliss-reactive ketones (excluding diaryl/α,β-unsaturated/α-hetero) is 1. The van der Waals surface area contributed by atoms with E-state index in [0.717, 1.165) is 5.52 Å². The number of carbonyl (C=O) groups excluding carboxylic acids is 1. The summed E-state index contributed by atoms with van der Waals surface area (Å²) in [7, 11) is 0. The van der Waals surface area contributed by atoms with Crippen molar-refractivity contribution in [1.29, 1.82) is 0 Å². The number of benzene rings is 3. The number of non-ortho nitro benzene ring substituents is 1. The Labute approximate surface area is 160 Å². The van der Waals surface area contributed by atoms with Gasteiger partial charge < -0.3 is 0 Å². The summed E-state index contributed by atoms with van der Waals surface area (Å²) in [6.45, 7) is 0. The number of nitrogens with zero attached hydrogens (tertiary/aromatic N) is 4. The Hall–Kier alpha value is -3.87. The van der Waals surface area contributed by atoms with E-state index in [0.29, 0.717) is 16.6 Å². The van der Waals surface area contributed by atoms with Crippen molar-refractivity contribution < 1.29 is 9.72 Å². The first-order chi connectivity index (χ1) is 13.6. The molecule has 0 fully saturated rings. The second-order valence-corrected chi connectivity index (χ2v) is 6.38. The van der Waals surface area contributed by atoms with E-state index in [2.05, 4.69) is 10.3 Å². The number of fused-ring (bicyclic) bond motifs is 1. The van der Waals surface area contributed by atoms with Gasteiger partial charge in [-0.3, -0.25) is 14.9 Å². The number of ketones is 1. The van der Waals surface area contributed by atoms with Crippen LogP contribution in [-0.4, -0.2) is 25.7 Å². The van der Waals surface area contributed by atoms with E-state index in [1.807, 2.05) is 30.3 Å². The third-order valence-corrected chi connectivity index (χ3v) is 4.61. The van der Waals surface area contributed by atoms with Gasteiger partial charge in [-0.05, 0) is 17.7 Å². The molecule has 4 aromatic rings. The molecule has 138 valence electrons. The van der Waals surface area contributed by atoms with Gasteiger partial charge in [-0.25, -0.2) is 4.68 Å². The number of nitro groups is 1. The van der Waals surface area contributed by atoms with Gasteiger partial charge in [0.05, 0.1) is 16.5 Å². The lowest BCUT2D eigenvalue weighted by Gasteiger charge is -2.18. The highest BCUT2D eigenvalue weighted by atomic mass is 16.6. The first kappa shape index (κ1) is 17.5. The molecule has 1 atom stereocenters. The number of carbonyl (C=O) groups is 1. The average Bonchev–Trinajstić information content (AvgIpc) is 3.16. The fraction of sp³-hybridized carbons (Fsp3) is 0.0952. The summed E-state index contributed by atoms with van der Waals surface area (Å²) in [5.74, 6) is -0.0725. The van der Waals surface area contributed by atoms with Crippen LogP contribution in [0.1, 0.15) is 28.4 Å². The average molecular weight is 372 g/mol. The van der Waals surface area contributed by atoms with Crippen LogP contribution in [-0.2, 0) is 0 Å². The summed E-state index contributed by atoms with van der Waals surface area (Å²) >= 11 is 0. The maximum Gasteiger partial charge on any atom is 0.269 e. The molecule has 0 saturated carbocycles. The highest BCUT2D eigenvalue weighted by Crippen LogP contribution is 2.29. The largest absolute Gasteiger partial charge is 0.294 e. The van der Waals surface area contributed by atoms with Gasteiger partial charge in [-0.2, -0.15) is 0 Å². The van der Waals surface area contributed by atoms with Gasteiger partial charge in [0.25, 0.3) is 5.69 Å². The molecule has 7 heteroatoms. The van der Waals surface area contributed by atoms with Crippen molar-refractivity contribution in [2.24, 2.45) is 0 Å². The molecule has 0 bridgehead atoms. The standard InChI is InChI=1S/C21H16N4O3/c26-21(15-7-2-1-3-8-15)14-20(16-9-6-10-17(13-16)25(27)28)24-19-12-5-4-11-18(19)22-23-24/h1-13,20H,14H2. The minimum atomic E-state index is -0.514. The van der Waals surface area contributed by atoms with Gasteiger partial charge in [0, 0.05) is 24.1 Å². The van der Waals surface area contributed by atoms with Crippen molar-refractivity contribution >= 4 is 22.5 Å². The number of hydrogen-bond acceptors (Lipinski definition) is 5. The van der Waals surface area contributed by atoms with Crippen molar-refractivity contribution in [2.75, 3.05) is 0 Å². The van der Waals surface area contributed by atoms with Crippen LogP contribution in [0.4, 0.5) is 5.69 Å². The van der Waals surface area contributed by atoms with Crippen molar-refractivity contribution in [2.45, 2.75) is 12.5 Å². The van der Waals surface area contributed by atoms with Crippen LogP contribution in [0.5, 0.6) is 0 Å². The molecule has 0 spiro atoms. The van der Waals surface area contributed by atoms with Gasteiger partial charge >= 0.3 is 0 Å². The van der Waals surface area contributed by atoms with E-state index in [-0.39, 0.29) is 17.9 Å². The molecule has 0 amide bonds. The van der Waals surface area contributed by atoms with E-state index in [4.69, 9.17) is 0 Å². The van der Waals surface area contributed by atoms with Gasteiger partial charge in [0.2, 0.25) is 0 Å². The topological polar surface area (TPSA) is 90.9 Å². The maximum absolute atomic E-state index is 12.9. The number of hydrogen-bond donors (Lipinski definition) is 0. The molecule has 7 nitrogen and oxygen atoms in total. The number of nitro benzene ring substituents is 1. The third-order valence-electron chi connectivity index (χ3n) is 4.61. The van der Waals surface area contributed by atoms with Crippen LogP contribution in [0, 0.1) is 10.1 Å². The molecule has 4 rings (SSSR count). The SMILES string of the molecule is O=C(CC(c1cccc([N+](=O)[O-])c1)n1nnc2ccccc21)c1ccccc1. The molecule has 28 heavy (non-hydrogen) atoms. The summed E-state index contributed by atoms with van der Waals surface area (Å²) in [6.07, 6.45) is 0.110. The predicted molar refractivity (Wildman–Crippen MR) is 104 cm³/mol. The highest BCUT2D eigenvalue weighted by molar-refractivity contribution is 5.96. The molecule has 0 aliphatic carbocycles. The lowest BCUT2D eigenvalue weighted by Crippen LogP contribution is -2.17. The van der Waals surface area contributed by atoms with E-state index in [1.54, 1.807) is 41.1 Å². The van der Waals surface area contributed by atoms with Crippen molar-refractivity contribution in [3.05, 3.63) is 100 Å². The van der Waals surface area contributed by atoms with Crippen molar-refractivity contribution in [3.8, 4) is 0 Å². The van der Waals surface area contributed by atoms with Gasteiger partial charge in [-0.1, -0.05) is 59.8 Å². The second kappa shape index (κ2) is 7.40. The summed E-state index contributed by atoms with van der Waals surface area (Å²) in [4.78, 5) is 23.7. The Bertz CT molecular complexity index is 1150. The first-order valence-corrected chi connectivity index (χ1v) is 8.76. The molecule has 0 N–H and O–H groups in total. The van der Waals surface area contributed by atoms with Crippen LogP contribution in [0.15, 0.2) is 78.9 Å². The molecule has 1 heterocycles. The van der Waals surface area contributed by atoms with E-state index >= 15 is 0 Å². The lowest BCUT2D eigenvalue weighted by atomic mass is 9.97. The zero-order valence-corrected chi connectivity index (χ0v) is 14.8. The summed E-state index contributed by atoms with van der Waals surface area (Å²) in [5, 5.41) is 19.6. The quantitative estimate of drug-likeness (QED) is 0.287. The Morgan fingerprint density at radius 2 is 1.75 bits per heavy atom. The number of aromatic nitrogens is 3. The first-order valence-electron chi connectivity index (χ1n) is 8.76. The highest BCUT2D eigenvalue weighted by Gasteiger charge is 2.23. The van der Waals surface area contributed by atoms with E-state index in [1.165, 1.54) is 12.1 Å². The smallest absolute Gasteiger partial charge is 0.269 e. The molecule has 1 unspecified atom stereocenters. The molecule has 0 radical (unpaired) electrons. The molecule has 0 saturated heterocycles. The maximum atomic E-state index is 12.9. The van der Waals surface area contributed by atoms with Crippen LogP contribution in [0.2, 0.25) is 0 Å². The predicted octanol–water partition coefficient (Wildman–Crippen LogP) is 4.20. The second-order valence-electron chi connectivity index (χ2n) is 6.38. The van der Waals surface area contributed by atoms with Crippen molar-refractivity contribution in [1.82, 2.24) is 15.0 Å². The van der Waals surface area contributed by atoms with E-state index in [9.17, 15) is 14.9 Å². The van der Waals surface area contributed by atoms with Crippen LogP contribution in [0.3, 0.4) is 0 Å². The minimum absolute atomic E-state index is 0.0286. The third kappa shape index (κ3) is 3.37. The fourth-order valence-electron chi connectivity index (χ4n) is 3.23. The molecular formula is C21H16N4O3. The minimum Gasteiger partial charge on any atom is -0.294 e. The van der Waals surface area contributed by atoms with Gasteiger partial charge in [-0.15, -0.1) is 5.10 Å². The Balaban J connectivity index is 1.80. The lowest BCUT2D eigenvalue weighted by molar-refractivity contribution is -0.384. The van der Waals surface area contributed by atoms with E-state index < -0.39 is 11.0 Å². The molecule has 0 aliphatic rings. The summed E-state index contributed by atoms with van der Waals surface area (Å²) in [6, 6.07) is 22.2. The zero-order chi connectivity index (χ0) is 19.5. The zero-order valence-electron chi connectivity index (χ0n) is 14.8. The monoisotopic (exact) mass is 372 g/mol. The Kier molecular flexibility index (Phi) is 4.63. The van der Waals surface area contributed by atoms with Crippen LogP contribution >= 0.6 is 0 Å². The van der Waals surface area contributed by atoms with Gasteiger partial charge in [0.1, 0.15) is 5.52 Å². The molecule has 3 aromatic carbocycles. The molecule has 1 aromatic heterocycles. The van der Waals surface area contributed by atoms with Crippen molar-refractivity contribution in [3.63, 3.8) is 0 Å².